The molecule has 0 heterocycles. The van der Waals surface area contributed by atoms with Gasteiger partial charge in [0.05, 0.1) is 0 Å². The highest BCUT2D eigenvalue weighted by Crippen LogP contribution is 2.14. The van der Waals surface area contributed by atoms with Crippen LogP contribution in [0.25, 0.3) is 0 Å². The van der Waals surface area contributed by atoms with Crippen LogP contribution in [0.1, 0.15) is 23.1 Å². The zero-order chi connectivity index (χ0) is 15.8. The number of halogens is 1. The van der Waals surface area contributed by atoms with Gasteiger partial charge in [-0.3, -0.25) is 4.79 Å². The lowest BCUT2D eigenvalue weighted by molar-refractivity contribution is -0.121. The van der Waals surface area contributed by atoms with E-state index in [1.54, 1.807) is 0 Å². The first-order valence-electron chi connectivity index (χ1n) is 7.42. The molecule has 0 saturated carbocycles. The maximum absolute atomic E-state index is 11.8. The van der Waals surface area contributed by atoms with Crippen LogP contribution < -0.4 is 10.6 Å². The Morgan fingerprint density at radius 3 is 2.41 bits per heavy atom. The number of aryl methyl sites for hydroxylation is 1. The smallest absolute Gasteiger partial charge is 0.221 e. The van der Waals surface area contributed by atoms with Crippen molar-refractivity contribution in [1.29, 1.82) is 0 Å². The molecule has 0 aromatic heterocycles. The molecule has 0 spiro atoms. The fraction of sp³-hybridized carbons (Fsp3) is 0.278. The maximum atomic E-state index is 11.8. The molecule has 0 bridgehead atoms. The topological polar surface area (TPSA) is 41.1 Å². The predicted molar refractivity (Wildman–Crippen MR) is 90.8 cm³/mol. The van der Waals surface area contributed by atoms with Crippen molar-refractivity contribution >= 4 is 17.5 Å². The summed E-state index contributed by atoms with van der Waals surface area (Å²) in [5, 5.41) is 6.93. The van der Waals surface area contributed by atoms with Crippen molar-refractivity contribution in [2.45, 2.75) is 26.4 Å². The molecule has 0 atom stereocenters. The molecule has 0 unspecified atom stereocenters. The fourth-order valence-corrected chi connectivity index (χ4v) is 2.36. The summed E-state index contributed by atoms with van der Waals surface area (Å²) < 4.78 is 0. The van der Waals surface area contributed by atoms with Crippen molar-refractivity contribution in [2.75, 3.05) is 6.54 Å². The number of hydrogen-bond donors (Lipinski definition) is 2. The number of carbonyl (C=O) groups excluding carboxylic acids is 1. The molecule has 0 aliphatic carbocycles. The lowest BCUT2D eigenvalue weighted by Crippen LogP contribution is -2.27. The molecule has 2 rings (SSSR count). The zero-order valence-corrected chi connectivity index (χ0v) is 13.5. The van der Waals surface area contributed by atoms with E-state index in [1.165, 1.54) is 5.56 Å². The number of benzene rings is 2. The highest BCUT2D eigenvalue weighted by atomic mass is 35.5. The SMILES string of the molecule is Cc1ccccc1CNC(=O)CCNCc1ccccc1Cl. The summed E-state index contributed by atoms with van der Waals surface area (Å²) in [5.74, 6) is 0.0508. The van der Waals surface area contributed by atoms with Gasteiger partial charge in [-0.05, 0) is 29.7 Å². The molecule has 22 heavy (non-hydrogen) atoms. The van der Waals surface area contributed by atoms with E-state index >= 15 is 0 Å². The third kappa shape index (κ3) is 5.17. The first-order chi connectivity index (χ1) is 10.7. The molecule has 0 fully saturated rings. The van der Waals surface area contributed by atoms with E-state index in [0.29, 0.717) is 26.1 Å². The summed E-state index contributed by atoms with van der Waals surface area (Å²) in [6.07, 6.45) is 0.455. The third-order valence-corrected chi connectivity index (χ3v) is 3.91. The average Bonchev–Trinajstić information content (AvgIpc) is 2.52. The third-order valence-electron chi connectivity index (χ3n) is 3.54. The highest BCUT2D eigenvalue weighted by molar-refractivity contribution is 6.31. The number of amides is 1. The summed E-state index contributed by atoms with van der Waals surface area (Å²) in [6, 6.07) is 15.8. The van der Waals surface area contributed by atoms with Gasteiger partial charge in [0, 0.05) is 31.1 Å². The molecule has 116 valence electrons. The molecule has 2 aromatic rings. The molecule has 0 aliphatic heterocycles. The van der Waals surface area contributed by atoms with Crippen LogP contribution in [-0.2, 0) is 17.9 Å². The Labute approximate surface area is 136 Å². The van der Waals surface area contributed by atoms with E-state index in [0.717, 1.165) is 16.1 Å². The first kappa shape index (κ1) is 16.5. The second-order valence-electron chi connectivity index (χ2n) is 5.22. The molecule has 0 aliphatic rings. The van der Waals surface area contributed by atoms with Gasteiger partial charge >= 0.3 is 0 Å². The second kappa shape index (κ2) is 8.57. The van der Waals surface area contributed by atoms with Crippen molar-refractivity contribution in [1.82, 2.24) is 10.6 Å². The van der Waals surface area contributed by atoms with Crippen molar-refractivity contribution in [2.24, 2.45) is 0 Å². The summed E-state index contributed by atoms with van der Waals surface area (Å²) in [6.45, 7) is 3.93. The van der Waals surface area contributed by atoms with Crippen LogP contribution in [0.3, 0.4) is 0 Å². The highest BCUT2D eigenvalue weighted by Gasteiger charge is 2.03. The van der Waals surface area contributed by atoms with Crippen molar-refractivity contribution < 1.29 is 4.79 Å². The fourth-order valence-electron chi connectivity index (χ4n) is 2.16. The predicted octanol–water partition coefficient (Wildman–Crippen LogP) is 3.44. The van der Waals surface area contributed by atoms with Crippen LogP contribution in [0, 0.1) is 6.92 Å². The average molecular weight is 317 g/mol. The molecule has 2 N–H and O–H groups in total. The zero-order valence-electron chi connectivity index (χ0n) is 12.7. The van der Waals surface area contributed by atoms with Gasteiger partial charge in [-0.15, -0.1) is 0 Å². The minimum absolute atomic E-state index is 0.0508. The van der Waals surface area contributed by atoms with E-state index in [9.17, 15) is 4.79 Å². The Morgan fingerprint density at radius 2 is 1.68 bits per heavy atom. The molecule has 3 nitrogen and oxygen atoms in total. The number of rotatable bonds is 7. The van der Waals surface area contributed by atoms with Crippen LogP contribution in [0.4, 0.5) is 0 Å². The van der Waals surface area contributed by atoms with Crippen molar-refractivity contribution in [3.05, 3.63) is 70.2 Å². The number of carbonyl (C=O) groups is 1. The molecule has 1 amide bonds. The summed E-state index contributed by atoms with van der Waals surface area (Å²) in [4.78, 5) is 11.8. The van der Waals surface area contributed by atoms with Gasteiger partial charge in [-0.1, -0.05) is 54.1 Å². The van der Waals surface area contributed by atoms with Gasteiger partial charge in [0.25, 0.3) is 0 Å². The summed E-state index contributed by atoms with van der Waals surface area (Å²) in [7, 11) is 0. The maximum Gasteiger partial charge on any atom is 0.221 e. The molecular formula is C18H21ClN2O. The van der Waals surface area contributed by atoms with Crippen LogP contribution >= 0.6 is 11.6 Å². The normalized spacial score (nSPS) is 10.5. The monoisotopic (exact) mass is 316 g/mol. The molecular weight excluding hydrogens is 296 g/mol. The van der Waals surface area contributed by atoms with Gasteiger partial charge in [-0.25, -0.2) is 0 Å². The van der Waals surface area contributed by atoms with E-state index in [-0.39, 0.29) is 5.91 Å². The summed E-state index contributed by atoms with van der Waals surface area (Å²) in [5.41, 5.74) is 3.39. The van der Waals surface area contributed by atoms with Crippen LogP contribution in [0.5, 0.6) is 0 Å². The first-order valence-corrected chi connectivity index (χ1v) is 7.80. The summed E-state index contributed by atoms with van der Waals surface area (Å²) >= 11 is 6.08. The molecule has 0 saturated heterocycles. The lowest BCUT2D eigenvalue weighted by atomic mass is 10.1. The molecule has 4 heteroatoms. The standard InChI is InChI=1S/C18H21ClN2O/c1-14-6-2-3-7-15(14)13-21-18(22)10-11-20-12-16-8-4-5-9-17(16)19/h2-9,20H,10-13H2,1H3,(H,21,22). The Balaban J connectivity index is 1.66. The van der Waals surface area contributed by atoms with Gasteiger partial charge < -0.3 is 10.6 Å². The Kier molecular flexibility index (Phi) is 6.44. The Hall–Kier alpha value is -1.84. The Morgan fingerprint density at radius 1 is 1.00 bits per heavy atom. The van der Waals surface area contributed by atoms with Gasteiger partial charge in [0.15, 0.2) is 0 Å². The van der Waals surface area contributed by atoms with E-state index in [2.05, 4.69) is 10.6 Å². The minimum Gasteiger partial charge on any atom is -0.352 e. The van der Waals surface area contributed by atoms with Crippen LogP contribution in [0.2, 0.25) is 5.02 Å². The van der Waals surface area contributed by atoms with Crippen molar-refractivity contribution in [3.63, 3.8) is 0 Å². The van der Waals surface area contributed by atoms with Gasteiger partial charge in [0.2, 0.25) is 5.91 Å². The van der Waals surface area contributed by atoms with Crippen LogP contribution in [-0.4, -0.2) is 12.5 Å². The Bertz CT molecular complexity index is 628. The molecule has 0 radical (unpaired) electrons. The van der Waals surface area contributed by atoms with E-state index in [4.69, 9.17) is 11.6 Å². The largest absolute Gasteiger partial charge is 0.352 e. The van der Waals surface area contributed by atoms with Crippen molar-refractivity contribution in [3.8, 4) is 0 Å². The van der Waals surface area contributed by atoms with E-state index in [1.807, 2.05) is 55.5 Å². The number of nitrogens with one attached hydrogen (secondary N) is 2. The second-order valence-corrected chi connectivity index (χ2v) is 5.63. The van der Waals surface area contributed by atoms with Gasteiger partial charge in [-0.2, -0.15) is 0 Å². The van der Waals surface area contributed by atoms with E-state index < -0.39 is 0 Å². The van der Waals surface area contributed by atoms with Gasteiger partial charge in [0.1, 0.15) is 0 Å². The quantitative estimate of drug-likeness (QED) is 0.768. The minimum atomic E-state index is 0.0508. The lowest BCUT2D eigenvalue weighted by Gasteiger charge is -2.09. The van der Waals surface area contributed by atoms with Crippen LogP contribution in [0.15, 0.2) is 48.5 Å². The molecule has 2 aromatic carbocycles. The number of hydrogen-bond acceptors (Lipinski definition) is 2.